The highest BCUT2D eigenvalue weighted by molar-refractivity contribution is 8.03. The fourth-order valence-corrected chi connectivity index (χ4v) is 4.33. The molecule has 0 radical (unpaired) electrons. The van der Waals surface area contributed by atoms with Crippen LogP contribution in [0.25, 0.3) is 0 Å². The molecule has 2 aliphatic carbocycles. The molecule has 2 aliphatic rings. The van der Waals surface area contributed by atoms with E-state index in [0.29, 0.717) is 5.92 Å². The Labute approximate surface area is 99.7 Å². The van der Waals surface area contributed by atoms with Gasteiger partial charge >= 0.3 is 0 Å². The molecule has 0 aromatic heterocycles. The molecular formula is C13H13ClS. The quantitative estimate of drug-likeness (QED) is 0.720. The number of allylic oxidation sites excluding steroid dienone is 2. The minimum absolute atomic E-state index is 0.706. The molecule has 2 unspecified atom stereocenters. The average molecular weight is 237 g/mol. The Hall–Kier alpha value is -0.400. The third-order valence-corrected chi connectivity index (χ3v) is 5.23. The molecule has 2 atom stereocenters. The van der Waals surface area contributed by atoms with Crippen molar-refractivity contribution < 1.29 is 0 Å². The zero-order valence-electron chi connectivity index (χ0n) is 8.45. The third-order valence-electron chi connectivity index (χ3n) is 3.38. The second-order valence-electron chi connectivity index (χ2n) is 4.27. The number of thioether (sulfide) groups is 1. The minimum Gasteiger partial charge on any atom is -0.0930 e. The molecule has 0 amide bonds. The van der Waals surface area contributed by atoms with Crippen molar-refractivity contribution in [3.63, 3.8) is 0 Å². The number of halogens is 1. The van der Waals surface area contributed by atoms with Crippen LogP contribution in [0.2, 0.25) is 0 Å². The molecule has 1 fully saturated rings. The van der Waals surface area contributed by atoms with Gasteiger partial charge in [0.1, 0.15) is 0 Å². The van der Waals surface area contributed by atoms with E-state index < -0.39 is 0 Å². The predicted octanol–water partition coefficient (Wildman–Crippen LogP) is 4.66. The van der Waals surface area contributed by atoms with Gasteiger partial charge in [-0.2, -0.15) is 0 Å². The van der Waals surface area contributed by atoms with Gasteiger partial charge in [0.05, 0.1) is 0 Å². The van der Waals surface area contributed by atoms with Crippen LogP contribution in [0.3, 0.4) is 0 Å². The highest BCUT2D eigenvalue weighted by atomic mass is 35.5. The molecule has 0 heterocycles. The standard InChI is InChI=1S/C13H13ClS/c14-12-10-7-4-8-11(10)13(12)15-9-5-2-1-3-6-9/h1-3,5-6,10-11H,4,7-8H2. The van der Waals surface area contributed by atoms with Crippen LogP contribution >= 0.6 is 23.4 Å². The van der Waals surface area contributed by atoms with Crippen molar-refractivity contribution >= 4 is 23.4 Å². The van der Waals surface area contributed by atoms with E-state index in [2.05, 4.69) is 30.3 Å². The van der Waals surface area contributed by atoms with E-state index in [1.54, 1.807) is 0 Å². The van der Waals surface area contributed by atoms with Crippen molar-refractivity contribution in [3.8, 4) is 0 Å². The van der Waals surface area contributed by atoms with E-state index in [-0.39, 0.29) is 0 Å². The molecular weight excluding hydrogens is 224 g/mol. The first-order valence-electron chi connectivity index (χ1n) is 5.49. The summed E-state index contributed by atoms with van der Waals surface area (Å²) in [7, 11) is 0. The summed E-state index contributed by atoms with van der Waals surface area (Å²) in [5.74, 6) is 1.49. The fraction of sp³-hybridized carbons (Fsp3) is 0.385. The van der Waals surface area contributed by atoms with Gasteiger partial charge in [0, 0.05) is 20.8 Å². The van der Waals surface area contributed by atoms with Crippen LogP contribution in [0.15, 0.2) is 45.2 Å². The lowest BCUT2D eigenvalue weighted by Gasteiger charge is -2.33. The smallest absolute Gasteiger partial charge is 0.0319 e. The highest BCUT2D eigenvalue weighted by Crippen LogP contribution is 2.57. The lowest BCUT2D eigenvalue weighted by molar-refractivity contribution is 0.478. The number of hydrogen-bond donors (Lipinski definition) is 0. The molecule has 0 spiro atoms. The summed E-state index contributed by atoms with van der Waals surface area (Å²) in [5, 5.41) is 1.14. The largest absolute Gasteiger partial charge is 0.0930 e. The van der Waals surface area contributed by atoms with Crippen LogP contribution in [0.5, 0.6) is 0 Å². The van der Waals surface area contributed by atoms with Crippen LogP contribution in [-0.4, -0.2) is 0 Å². The van der Waals surface area contributed by atoms with E-state index in [9.17, 15) is 0 Å². The van der Waals surface area contributed by atoms with Crippen LogP contribution in [0.1, 0.15) is 19.3 Å². The Balaban J connectivity index is 1.80. The van der Waals surface area contributed by atoms with Gasteiger partial charge in [-0.25, -0.2) is 0 Å². The number of benzene rings is 1. The Morgan fingerprint density at radius 1 is 1.07 bits per heavy atom. The van der Waals surface area contributed by atoms with Gasteiger partial charge in [0.2, 0.25) is 0 Å². The van der Waals surface area contributed by atoms with Gasteiger partial charge in [0.25, 0.3) is 0 Å². The van der Waals surface area contributed by atoms with Gasteiger partial charge < -0.3 is 0 Å². The molecule has 0 aliphatic heterocycles. The first kappa shape index (κ1) is 9.80. The summed E-state index contributed by atoms with van der Waals surface area (Å²) in [6, 6.07) is 10.5. The second kappa shape index (κ2) is 3.88. The first-order valence-corrected chi connectivity index (χ1v) is 6.68. The molecule has 3 rings (SSSR count). The molecule has 0 N–H and O–H groups in total. The normalized spacial score (nSPS) is 28.9. The first-order chi connectivity index (χ1) is 7.36. The summed E-state index contributed by atoms with van der Waals surface area (Å²) in [5.41, 5.74) is 0. The summed E-state index contributed by atoms with van der Waals surface area (Å²) >= 11 is 8.19. The Kier molecular flexibility index (Phi) is 2.53. The van der Waals surface area contributed by atoms with E-state index in [0.717, 1.165) is 11.0 Å². The fourth-order valence-electron chi connectivity index (χ4n) is 2.58. The number of hydrogen-bond acceptors (Lipinski definition) is 1. The van der Waals surface area contributed by atoms with Gasteiger partial charge in [-0.3, -0.25) is 0 Å². The maximum atomic E-state index is 6.32. The number of fused-ring (bicyclic) bond motifs is 1. The van der Waals surface area contributed by atoms with Crippen LogP contribution < -0.4 is 0 Å². The van der Waals surface area contributed by atoms with Crippen molar-refractivity contribution in [1.82, 2.24) is 0 Å². The Bertz CT molecular complexity index is 396. The molecule has 0 bridgehead atoms. The van der Waals surface area contributed by atoms with E-state index in [1.807, 2.05) is 11.8 Å². The molecule has 1 saturated carbocycles. The number of rotatable bonds is 2. The van der Waals surface area contributed by atoms with Crippen molar-refractivity contribution in [3.05, 3.63) is 40.3 Å². The maximum absolute atomic E-state index is 6.32. The topological polar surface area (TPSA) is 0 Å². The lowest BCUT2D eigenvalue weighted by atomic mass is 9.85. The van der Waals surface area contributed by atoms with Gasteiger partial charge in [0.15, 0.2) is 0 Å². The van der Waals surface area contributed by atoms with Crippen LogP contribution in [0.4, 0.5) is 0 Å². The van der Waals surface area contributed by atoms with Crippen LogP contribution in [0, 0.1) is 11.8 Å². The summed E-state index contributed by atoms with van der Waals surface area (Å²) < 4.78 is 0. The predicted molar refractivity (Wildman–Crippen MR) is 66.0 cm³/mol. The minimum atomic E-state index is 0.706. The van der Waals surface area contributed by atoms with Crippen molar-refractivity contribution in [2.75, 3.05) is 0 Å². The summed E-state index contributed by atoms with van der Waals surface area (Å²) in [4.78, 5) is 2.75. The molecule has 0 nitrogen and oxygen atoms in total. The monoisotopic (exact) mass is 236 g/mol. The molecule has 0 saturated heterocycles. The van der Waals surface area contributed by atoms with Gasteiger partial charge in [-0.05, 0) is 30.9 Å². The van der Waals surface area contributed by atoms with Gasteiger partial charge in [-0.1, -0.05) is 48.0 Å². The third kappa shape index (κ3) is 1.62. The average Bonchev–Trinajstić information content (AvgIpc) is 2.72. The molecule has 2 heteroatoms. The van der Waals surface area contributed by atoms with E-state index in [4.69, 9.17) is 11.6 Å². The molecule has 78 valence electrons. The zero-order valence-corrected chi connectivity index (χ0v) is 10.0. The molecule has 1 aromatic rings. The van der Waals surface area contributed by atoms with Crippen molar-refractivity contribution in [1.29, 1.82) is 0 Å². The SMILES string of the molecule is ClC1=C(Sc2ccccc2)C2CCCC12. The summed E-state index contributed by atoms with van der Waals surface area (Å²) in [6.07, 6.45) is 4.00. The summed E-state index contributed by atoms with van der Waals surface area (Å²) in [6.45, 7) is 0. The highest BCUT2D eigenvalue weighted by Gasteiger charge is 2.42. The zero-order chi connectivity index (χ0) is 10.3. The van der Waals surface area contributed by atoms with Gasteiger partial charge in [-0.15, -0.1) is 0 Å². The lowest BCUT2D eigenvalue weighted by Crippen LogP contribution is -2.21. The van der Waals surface area contributed by atoms with E-state index >= 15 is 0 Å². The molecule has 1 aromatic carbocycles. The van der Waals surface area contributed by atoms with Crippen molar-refractivity contribution in [2.45, 2.75) is 24.2 Å². The van der Waals surface area contributed by atoms with Crippen LogP contribution in [-0.2, 0) is 0 Å². The van der Waals surface area contributed by atoms with Crippen molar-refractivity contribution in [2.24, 2.45) is 11.8 Å². The Morgan fingerprint density at radius 2 is 1.80 bits per heavy atom. The molecule has 15 heavy (non-hydrogen) atoms. The maximum Gasteiger partial charge on any atom is 0.0319 e. The Morgan fingerprint density at radius 3 is 2.60 bits per heavy atom. The van der Waals surface area contributed by atoms with E-state index in [1.165, 1.54) is 29.1 Å². The second-order valence-corrected chi connectivity index (χ2v) is 5.79.